The van der Waals surface area contributed by atoms with E-state index in [1.165, 1.54) is 29.1 Å². The van der Waals surface area contributed by atoms with Gasteiger partial charge < -0.3 is 19.1 Å². The number of rotatable bonds is 4. The number of fused-ring (bicyclic) bond motifs is 4. The zero-order valence-corrected chi connectivity index (χ0v) is 31.5. The molecule has 6 atom stereocenters. The summed E-state index contributed by atoms with van der Waals surface area (Å²) in [6.45, 7) is 3.82. The van der Waals surface area contributed by atoms with Gasteiger partial charge in [-0.2, -0.15) is 4.36 Å². The molecule has 7 rings (SSSR count). The number of aryl methyl sites for hydroxylation is 2. The molecule has 1 spiro atoms. The molecule has 2 amide bonds. The fourth-order valence-corrected chi connectivity index (χ4v) is 10.1. The van der Waals surface area contributed by atoms with E-state index in [9.17, 15) is 13.8 Å². The van der Waals surface area contributed by atoms with E-state index in [0.717, 1.165) is 54.9 Å². The minimum atomic E-state index is -3.47. The standard InChI is InChI=1S/C39H44ClN5O6S/c1-25-7-5-9-34(49-3)30-13-10-28(30)19-45-22-39(16-6-8-26-17-29(40)12-14-32(26)39)23-51-35-15-11-27(18-33(35)45)36(46)43-52(48,21-25)24-41-37(47)31-20-44(2)42-38(31)50-4/h11-12,14-15,17-18,20,24-25,28,30,34H,6-8,10,13,16,19,21-23H2,1-4H3/b41-24+/t25-,28-,30+,34+,39-,52?/m0/s1. The Labute approximate surface area is 310 Å². The molecule has 1 aromatic heterocycles. The van der Waals surface area contributed by atoms with Crippen molar-refractivity contribution in [3.05, 3.63) is 69.9 Å². The van der Waals surface area contributed by atoms with E-state index in [-0.39, 0.29) is 46.1 Å². The number of hydrogen-bond donors (Lipinski definition) is 0. The number of halogens is 1. The normalized spacial score (nSPS) is 28.7. The number of anilines is 1. The summed E-state index contributed by atoms with van der Waals surface area (Å²) in [6, 6.07) is 11.5. The van der Waals surface area contributed by atoms with Crippen LogP contribution in [-0.4, -0.2) is 77.1 Å². The molecule has 0 radical (unpaired) electrons. The third-order valence-corrected chi connectivity index (χ3v) is 13.1. The lowest BCUT2D eigenvalue weighted by Gasteiger charge is -2.45. The number of carbonyl (C=O) groups excluding carboxylic acids is 2. The second-order valence-corrected chi connectivity index (χ2v) is 17.1. The van der Waals surface area contributed by atoms with Gasteiger partial charge in [0, 0.05) is 67.5 Å². The van der Waals surface area contributed by atoms with Gasteiger partial charge in [0.15, 0.2) is 0 Å². The number of aliphatic imine (C=N–C) groups is 1. The number of amides is 2. The Morgan fingerprint density at radius 3 is 2.83 bits per heavy atom. The van der Waals surface area contributed by atoms with Crippen molar-refractivity contribution in [1.29, 1.82) is 0 Å². The molecule has 2 aliphatic heterocycles. The molecule has 4 aliphatic rings. The summed E-state index contributed by atoms with van der Waals surface area (Å²) in [5.41, 5.74) is 4.42. The van der Waals surface area contributed by atoms with Crippen LogP contribution in [0.1, 0.15) is 70.9 Å². The zero-order valence-electron chi connectivity index (χ0n) is 30.0. The van der Waals surface area contributed by atoms with E-state index in [0.29, 0.717) is 31.2 Å². The number of hydrogen-bond acceptors (Lipinski definition) is 8. The van der Waals surface area contributed by atoms with Crippen molar-refractivity contribution in [2.45, 2.75) is 57.0 Å². The lowest BCUT2D eigenvalue weighted by molar-refractivity contribution is 0.0190. The first-order chi connectivity index (χ1) is 25.0. The number of benzene rings is 2. The van der Waals surface area contributed by atoms with Crippen molar-refractivity contribution >= 4 is 44.4 Å². The molecule has 1 fully saturated rings. The van der Waals surface area contributed by atoms with Crippen LogP contribution < -0.4 is 14.4 Å². The predicted molar refractivity (Wildman–Crippen MR) is 201 cm³/mol. The van der Waals surface area contributed by atoms with Gasteiger partial charge in [-0.25, -0.2) is 9.20 Å². The van der Waals surface area contributed by atoms with E-state index >= 15 is 0 Å². The van der Waals surface area contributed by atoms with Crippen LogP contribution in [0.4, 0.5) is 5.69 Å². The molecule has 1 unspecified atom stereocenters. The number of aromatic nitrogens is 2. The van der Waals surface area contributed by atoms with E-state index in [1.807, 2.05) is 25.1 Å². The van der Waals surface area contributed by atoms with Gasteiger partial charge in [-0.3, -0.25) is 14.3 Å². The molecular weight excluding hydrogens is 702 g/mol. The average Bonchev–Trinajstić information content (AvgIpc) is 3.43. The quantitative estimate of drug-likeness (QED) is 0.178. The Bertz CT molecular complexity index is 2110. The van der Waals surface area contributed by atoms with E-state index in [2.05, 4.69) is 43.3 Å². The van der Waals surface area contributed by atoms with Gasteiger partial charge in [-0.15, -0.1) is 11.0 Å². The first kappa shape index (κ1) is 36.2. The lowest BCUT2D eigenvalue weighted by atomic mass is 9.68. The highest BCUT2D eigenvalue weighted by atomic mass is 35.5. The summed E-state index contributed by atoms with van der Waals surface area (Å²) in [4.78, 5) is 33.5. The zero-order chi connectivity index (χ0) is 36.6. The molecular formula is C39H44ClN5O6S. The molecule has 13 heteroatoms. The maximum Gasteiger partial charge on any atom is 0.285 e. The van der Waals surface area contributed by atoms with Crippen LogP contribution in [0, 0.1) is 29.6 Å². The lowest BCUT2D eigenvalue weighted by Crippen LogP contribution is -2.49. The Balaban J connectivity index is 1.30. The molecule has 52 heavy (non-hydrogen) atoms. The highest BCUT2D eigenvalue weighted by Gasteiger charge is 2.44. The van der Waals surface area contributed by atoms with Gasteiger partial charge in [0.1, 0.15) is 23.0 Å². The maximum atomic E-state index is 14.5. The largest absolute Gasteiger partial charge is 0.490 e. The average molecular weight is 746 g/mol. The van der Waals surface area contributed by atoms with Gasteiger partial charge in [-0.1, -0.05) is 30.5 Å². The van der Waals surface area contributed by atoms with E-state index in [1.54, 1.807) is 20.2 Å². The number of ether oxygens (including phenoxy) is 3. The summed E-state index contributed by atoms with van der Waals surface area (Å²) >= 11 is 6.45. The smallest absolute Gasteiger partial charge is 0.285 e. The molecule has 11 nitrogen and oxygen atoms in total. The van der Waals surface area contributed by atoms with Crippen molar-refractivity contribution in [3.8, 4) is 23.5 Å². The van der Waals surface area contributed by atoms with Crippen molar-refractivity contribution in [1.82, 2.24) is 9.78 Å². The van der Waals surface area contributed by atoms with E-state index < -0.39 is 21.5 Å². The van der Waals surface area contributed by atoms with Gasteiger partial charge in [0.25, 0.3) is 11.8 Å². The van der Waals surface area contributed by atoms with Crippen molar-refractivity contribution in [2.24, 2.45) is 34.2 Å². The van der Waals surface area contributed by atoms with Crippen LogP contribution in [0.15, 0.2) is 52.0 Å². The van der Waals surface area contributed by atoms with Gasteiger partial charge in [-0.05, 0) is 85.4 Å². The minimum Gasteiger partial charge on any atom is -0.490 e. The second-order valence-electron chi connectivity index (χ2n) is 14.6. The predicted octanol–water partition coefficient (Wildman–Crippen LogP) is 6.12. The fraction of sp³-hybridized carbons (Fsp3) is 0.487. The van der Waals surface area contributed by atoms with Gasteiger partial charge in [0.05, 0.1) is 29.1 Å². The van der Waals surface area contributed by atoms with Crippen LogP contribution in [0.2, 0.25) is 5.02 Å². The second kappa shape index (κ2) is 14.7. The summed E-state index contributed by atoms with van der Waals surface area (Å²) in [5, 5.41) is 4.84. The van der Waals surface area contributed by atoms with E-state index in [4.69, 9.17) is 25.8 Å². The molecule has 2 bridgehead atoms. The van der Waals surface area contributed by atoms with Crippen LogP contribution in [0.25, 0.3) is 0 Å². The third kappa shape index (κ3) is 7.23. The molecule has 0 saturated heterocycles. The van der Waals surface area contributed by atoms with Crippen molar-refractivity contribution in [3.63, 3.8) is 0 Å². The number of carbonyl (C=O) groups is 2. The Morgan fingerprint density at radius 1 is 1.21 bits per heavy atom. The van der Waals surface area contributed by atoms with Crippen LogP contribution in [0.5, 0.6) is 11.6 Å². The first-order valence-corrected chi connectivity index (χ1v) is 19.9. The first-order valence-electron chi connectivity index (χ1n) is 17.8. The monoisotopic (exact) mass is 745 g/mol. The maximum absolute atomic E-state index is 14.5. The van der Waals surface area contributed by atoms with Crippen LogP contribution >= 0.6 is 11.6 Å². The highest BCUT2D eigenvalue weighted by molar-refractivity contribution is 8.06. The molecule has 274 valence electrons. The molecule has 2 aromatic carbocycles. The molecule has 1 saturated carbocycles. The van der Waals surface area contributed by atoms with Gasteiger partial charge >= 0.3 is 0 Å². The molecule has 2 aliphatic carbocycles. The molecule has 3 heterocycles. The SMILES string of the molecule is COc1nn(C)cc1C(=O)/N=C/S1(=O)=NC(=O)c2ccc3c(c2)N(C[C@@H]2CC[C@H]2[C@H](OC)C#CC[C@H](C)C1)C[C@@]1(CCCc2cc(Cl)ccc21)CO3. The third-order valence-electron chi connectivity index (χ3n) is 10.9. The fourth-order valence-electron chi connectivity index (χ4n) is 8.15. The summed E-state index contributed by atoms with van der Waals surface area (Å²) in [5.74, 6) is 6.37. The summed E-state index contributed by atoms with van der Waals surface area (Å²) in [7, 11) is 1.29. The summed E-state index contributed by atoms with van der Waals surface area (Å²) < 4.78 is 38.0. The summed E-state index contributed by atoms with van der Waals surface area (Å²) in [6.07, 6.45) is 6.62. The number of nitrogens with zero attached hydrogens (tertiary/aromatic N) is 5. The van der Waals surface area contributed by atoms with Crippen LogP contribution in [-0.2, 0) is 33.3 Å². The molecule has 0 N–H and O–H groups in total. The number of methoxy groups -OCH3 is 2. The Hall–Kier alpha value is -4.18. The van der Waals surface area contributed by atoms with Gasteiger partial charge in [0.2, 0.25) is 5.88 Å². The topological polar surface area (TPSA) is 125 Å². The van der Waals surface area contributed by atoms with Crippen molar-refractivity contribution in [2.75, 3.05) is 44.6 Å². The Morgan fingerprint density at radius 2 is 2.06 bits per heavy atom. The Kier molecular flexibility index (Phi) is 10.2. The van der Waals surface area contributed by atoms with Crippen LogP contribution in [0.3, 0.4) is 0 Å². The highest BCUT2D eigenvalue weighted by Crippen LogP contribution is 2.47. The minimum absolute atomic E-state index is 0.0236. The van der Waals surface area contributed by atoms with Crippen molar-refractivity contribution < 1.29 is 28.0 Å². The molecule has 3 aromatic rings.